The lowest BCUT2D eigenvalue weighted by molar-refractivity contribution is 0.177. The third kappa shape index (κ3) is 4.57. The summed E-state index contributed by atoms with van der Waals surface area (Å²) in [6, 6.07) is 3.71. The second-order valence-electron chi connectivity index (χ2n) is 5.69. The minimum atomic E-state index is -3.14. The van der Waals surface area contributed by atoms with E-state index in [1.807, 2.05) is 12.1 Å². The molecule has 0 amide bonds. The van der Waals surface area contributed by atoms with E-state index >= 15 is 0 Å². The second kappa shape index (κ2) is 6.73. The molecule has 1 saturated heterocycles. The number of hydrogen-bond donors (Lipinski definition) is 1. The van der Waals surface area contributed by atoms with Gasteiger partial charge in [-0.05, 0) is 25.0 Å². The number of hydrogen-bond acceptors (Lipinski definition) is 7. The van der Waals surface area contributed by atoms with Crippen molar-refractivity contribution in [2.45, 2.75) is 25.4 Å². The van der Waals surface area contributed by atoms with Crippen LogP contribution in [0.1, 0.15) is 18.7 Å². The lowest BCUT2D eigenvalue weighted by Gasteiger charge is -2.30. The van der Waals surface area contributed by atoms with Gasteiger partial charge in [-0.2, -0.15) is 4.98 Å². The first-order valence-corrected chi connectivity index (χ1v) is 9.31. The molecule has 8 nitrogen and oxygen atoms in total. The van der Waals surface area contributed by atoms with Gasteiger partial charge in [0.15, 0.2) is 0 Å². The summed E-state index contributed by atoms with van der Waals surface area (Å²) in [7, 11) is -3.14. The maximum absolute atomic E-state index is 11.2. The van der Waals surface area contributed by atoms with Gasteiger partial charge in [0.05, 0.1) is 12.8 Å². The molecule has 1 N–H and O–H groups in total. The molecule has 0 aromatic carbocycles. The summed E-state index contributed by atoms with van der Waals surface area (Å²) < 4.78 is 30.4. The molecular formula is C14H19N5O3S. The quantitative estimate of drug-likeness (QED) is 0.854. The van der Waals surface area contributed by atoms with Crippen molar-refractivity contribution < 1.29 is 12.9 Å². The Morgan fingerprint density at radius 3 is 2.83 bits per heavy atom. The number of piperidine rings is 1. The Balaban J connectivity index is 1.54. The third-order valence-electron chi connectivity index (χ3n) is 3.72. The van der Waals surface area contributed by atoms with Gasteiger partial charge >= 0.3 is 0 Å². The second-order valence-corrected chi connectivity index (χ2v) is 7.47. The molecule has 0 radical (unpaired) electrons. The molecule has 0 bridgehead atoms. The van der Waals surface area contributed by atoms with Gasteiger partial charge in [0.2, 0.25) is 21.7 Å². The molecule has 2 aromatic heterocycles. The summed E-state index contributed by atoms with van der Waals surface area (Å²) in [6.07, 6.45) is 6.13. The molecule has 1 aliphatic heterocycles. The molecule has 1 aliphatic rings. The van der Waals surface area contributed by atoms with Crippen LogP contribution in [0.5, 0.6) is 0 Å². The maximum atomic E-state index is 11.2. The van der Waals surface area contributed by atoms with Crippen molar-refractivity contribution in [2.24, 2.45) is 0 Å². The van der Waals surface area contributed by atoms with Crippen molar-refractivity contribution in [3.63, 3.8) is 0 Å². The van der Waals surface area contributed by atoms with Crippen LogP contribution in [0.3, 0.4) is 0 Å². The Morgan fingerprint density at radius 2 is 2.17 bits per heavy atom. The highest BCUT2D eigenvalue weighted by Crippen LogP contribution is 2.17. The predicted molar refractivity (Wildman–Crippen MR) is 83.8 cm³/mol. The number of nitrogens with one attached hydrogen (secondary N) is 1. The monoisotopic (exact) mass is 337 g/mol. The molecule has 0 spiro atoms. The van der Waals surface area contributed by atoms with Crippen LogP contribution in [0.25, 0.3) is 11.4 Å². The number of likely N-dealkylation sites (tertiary alicyclic amines) is 1. The number of pyridine rings is 1. The molecule has 23 heavy (non-hydrogen) atoms. The van der Waals surface area contributed by atoms with E-state index in [4.69, 9.17) is 4.52 Å². The number of aromatic nitrogens is 3. The van der Waals surface area contributed by atoms with Crippen LogP contribution in [0.2, 0.25) is 0 Å². The first kappa shape index (κ1) is 16.0. The Morgan fingerprint density at radius 1 is 1.39 bits per heavy atom. The molecule has 124 valence electrons. The van der Waals surface area contributed by atoms with Crippen LogP contribution in [0.4, 0.5) is 0 Å². The molecule has 1 fully saturated rings. The molecule has 3 heterocycles. The van der Waals surface area contributed by atoms with Crippen LogP contribution in [-0.4, -0.2) is 53.8 Å². The summed E-state index contributed by atoms with van der Waals surface area (Å²) in [5.74, 6) is 1.08. The minimum Gasteiger partial charge on any atom is -0.338 e. The standard InChI is InChI=1S/C14H19N5O3S/c1-23(20,21)18-12-4-7-19(8-5-12)10-13-16-14(17-22-13)11-3-2-6-15-9-11/h2-3,6,9,12,18H,4-5,7-8,10H2,1H3. The lowest BCUT2D eigenvalue weighted by Crippen LogP contribution is -2.43. The van der Waals surface area contributed by atoms with E-state index in [2.05, 4.69) is 24.7 Å². The van der Waals surface area contributed by atoms with Crippen molar-refractivity contribution >= 4 is 10.0 Å². The number of sulfonamides is 1. The summed E-state index contributed by atoms with van der Waals surface area (Å²) in [5.41, 5.74) is 0.818. The summed E-state index contributed by atoms with van der Waals surface area (Å²) >= 11 is 0. The highest BCUT2D eigenvalue weighted by molar-refractivity contribution is 7.88. The van der Waals surface area contributed by atoms with Crippen molar-refractivity contribution in [1.29, 1.82) is 0 Å². The Labute approximate surface area is 135 Å². The van der Waals surface area contributed by atoms with Crippen LogP contribution in [0, 0.1) is 0 Å². The third-order valence-corrected chi connectivity index (χ3v) is 4.48. The first-order valence-electron chi connectivity index (χ1n) is 7.42. The van der Waals surface area contributed by atoms with Gasteiger partial charge in [-0.3, -0.25) is 9.88 Å². The van der Waals surface area contributed by atoms with Crippen LogP contribution < -0.4 is 4.72 Å². The Bertz CT molecular complexity index is 739. The lowest BCUT2D eigenvalue weighted by atomic mass is 10.1. The van der Waals surface area contributed by atoms with Gasteiger partial charge in [0.25, 0.3) is 0 Å². The van der Waals surface area contributed by atoms with Crippen LogP contribution in [-0.2, 0) is 16.6 Å². The SMILES string of the molecule is CS(=O)(=O)NC1CCN(Cc2nc(-c3cccnc3)no2)CC1. The zero-order valence-electron chi connectivity index (χ0n) is 12.8. The van der Waals surface area contributed by atoms with Gasteiger partial charge in [0, 0.05) is 37.1 Å². The minimum absolute atomic E-state index is 0.00916. The topological polar surface area (TPSA) is 101 Å². The normalized spacial score (nSPS) is 17.4. The van der Waals surface area contributed by atoms with Gasteiger partial charge in [-0.1, -0.05) is 5.16 Å². The predicted octanol–water partition coefficient (Wildman–Crippen LogP) is 0.645. The van der Waals surface area contributed by atoms with E-state index < -0.39 is 10.0 Å². The largest absolute Gasteiger partial charge is 0.338 e. The van der Waals surface area contributed by atoms with Gasteiger partial charge < -0.3 is 4.52 Å². The molecule has 0 saturated carbocycles. The fourth-order valence-corrected chi connectivity index (χ4v) is 3.48. The number of rotatable bonds is 5. The van der Waals surface area contributed by atoms with E-state index in [1.54, 1.807) is 12.4 Å². The summed E-state index contributed by atoms with van der Waals surface area (Å²) in [4.78, 5) is 10.6. The Hall–Kier alpha value is -1.84. The zero-order chi connectivity index (χ0) is 16.3. The zero-order valence-corrected chi connectivity index (χ0v) is 13.7. The molecule has 9 heteroatoms. The smallest absolute Gasteiger partial charge is 0.241 e. The molecular weight excluding hydrogens is 318 g/mol. The van der Waals surface area contributed by atoms with Gasteiger partial charge in [-0.15, -0.1) is 0 Å². The highest BCUT2D eigenvalue weighted by Gasteiger charge is 2.23. The molecule has 3 rings (SSSR count). The van der Waals surface area contributed by atoms with Crippen molar-refractivity contribution in [2.75, 3.05) is 19.3 Å². The van der Waals surface area contributed by atoms with Gasteiger partial charge in [-0.25, -0.2) is 13.1 Å². The van der Waals surface area contributed by atoms with Crippen LogP contribution >= 0.6 is 0 Å². The number of nitrogens with zero attached hydrogens (tertiary/aromatic N) is 4. The highest BCUT2D eigenvalue weighted by atomic mass is 32.2. The van der Waals surface area contributed by atoms with E-state index in [1.165, 1.54) is 6.26 Å². The first-order chi connectivity index (χ1) is 11.0. The summed E-state index contributed by atoms with van der Waals surface area (Å²) in [5, 5.41) is 3.97. The van der Waals surface area contributed by atoms with E-state index in [9.17, 15) is 8.42 Å². The van der Waals surface area contributed by atoms with E-state index in [0.29, 0.717) is 18.3 Å². The van der Waals surface area contributed by atoms with Crippen LogP contribution in [0.15, 0.2) is 29.0 Å². The fraction of sp³-hybridized carbons (Fsp3) is 0.500. The molecule has 0 atom stereocenters. The average molecular weight is 337 g/mol. The van der Waals surface area contributed by atoms with E-state index in [-0.39, 0.29) is 6.04 Å². The van der Waals surface area contributed by atoms with Gasteiger partial charge in [0.1, 0.15) is 0 Å². The molecule has 2 aromatic rings. The fourth-order valence-electron chi connectivity index (χ4n) is 2.63. The molecule has 0 unspecified atom stereocenters. The molecule has 0 aliphatic carbocycles. The van der Waals surface area contributed by atoms with Crippen molar-refractivity contribution in [3.05, 3.63) is 30.4 Å². The maximum Gasteiger partial charge on any atom is 0.241 e. The average Bonchev–Trinajstić information content (AvgIpc) is 2.97. The van der Waals surface area contributed by atoms with Crippen molar-refractivity contribution in [3.8, 4) is 11.4 Å². The van der Waals surface area contributed by atoms with Crippen molar-refractivity contribution in [1.82, 2.24) is 24.7 Å². The summed E-state index contributed by atoms with van der Waals surface area (Å²) in [6.45, 7) is 2.15. The van der Waals surface area contributed by atoms with E-state index in [0.717, 1.165) is 31.5 Å². The Kier molecular flexibility index (Phi) is 4.69.